The Labute approximate surface area is 133 Å². The van der Waals surface area contributed by atoms with Crippen LogP contribution in [0.15, 0.2) is 66.7 Å². The van der Waals surface area contributed by atoms with E-state index in [1.807, 2.05) is 0 Å². The van der Waals surface area contributed by atoms with Gasteiger partial charge in [-0.25, -0.2) is 0 Å². The summed E-state index contributed by atoms with van der Waals surface area (Å²) in [5.74, 6) is 6.61. The molecule has 1 nitrogen and oxygen atoms in total. The van der Waals surface area contributed by atoms with Crippen molar-refractivity contribution in [3.8, 4) is 11.8 Å². The molecule has 0 aromatic heterocycles. The summed E-state index contributed by atoms with van der Waals surface area (Å²) < 4.78 is 0. The molecule has 2 aromatic rings. The van der Waals surface area contributed by atoms with E-state index in [4.69, 9.17) is 0 Å². The third-order valence-corrected chi connectivity index (χ3v) is 4.14. The lowest BCUT2D eigenvalue weighted by atomic mass is 9.98. The van der Waals surface area contributed by atoms with E-state index in [0.717, 1.165) is 6.54 Å². The van der Waals surface area contributed by atoms with Crippen molar-refractivity contribution in [3.05, 3.63) is 77.9 Å². The maximum atomic E-state index is 3.33. The lowest BCUT2D eigenvalue weighted by Gasteiger charge is -2.07. The molecule has 0 radical (unpaired) electrons. The van der Waals surface area contributed by atoms with Crippen molar-refractivity contribution in [2.75, 3.05) is 19.6 Å². The highest BCUT2D eigenvalue weighted by Crippen LogP contribution is 2.22. The number of allylic oxidation sites excluding steroid dienone is 1. The molecule has 0 amide bonds. The Balaban J connectivity index is 1.82. The van der Waals surface area contributed by atoms with Gasteiger partial charge in [-0.3, -0.25) is 0 Å². The number of hydrogen-bond acceptors (Lipinski definition) is 0. The molecule has 1 fully saturated rings. The Morgan fingerprint density at radius 1 is 0.864 bits per heavy atom. The predicted octanol–water partition coefficient (Wildman–Crippen LogP) is 2.80. The first-order valence-electron chi connectivity index (χ1n) is 8.06. The average molecular weight is 288 g/mol. The molecular weight excluding hydrogens is 266 g/mol. The van der Waals surface area contributed by atoms with Crippen LogP contribution in [0.4, 0.5) is 0 Å². The monoisotopic (exact) mass is 288 g/mol. The van der Waals surface area contributed by atoms with Gasteiger partial charge in [0.05, 0.1) is 13.1 Å². The SMILES string of the molecule is C(#CC[NH+]1CCCC1)C=C(c1ccccc1)c1ccccc1. The standard InChI is InChI=1S/C21H21N/c1-3-11-19(12-4-1)21(20-13-5-2-6-14-20)15-7-8-16-22-17-9-10-18-22/h1-6,11-15H,9-10,16-18H2/p+1. The van der Waals surface area contributed by atoms with Gasteiger partial charge in [0, 0.05) is 12.8 Å². The summed E-state index contributed by atoms with van der Waals surface area (Å²) in [7, 11) is 0. The molecule has 1 heteroatoms. The first-order chi connectivity index (χ1) is 10.9. The first-order valence-corrected chi connectivity index (χ1v) is 8.06. The second kappa shape index (κ2) is 7.64. The molecule has 0 bridgehead atoms. The minimum atomic E-state index is 0.966. The van der Waals surface area contributed by atoms with Crippen LogP contribution in [0.5, 0.6) is 0 Å². The summed E-state index contributed by atoms with van der Waals surface area (Å²) in [6.45, 7) is 3.53. The molecule has 1 saturated heterocycles. The Bertz CT molecular complexity index is 627. The van der Waals surface area contributed by atoms with Crippen LogP contribution in [0.2, 0.25) is 0 Å². The Morgan fingerprint density at radius 2 is 1.41 bits per heavy atom. The van der Waals surface area contributed by atoms with Gasteiger partial charge in [-0.2, -0.15) is 0 Å². The number of benzene rings is 2. The van der Waals surface area contributed by atoms with Crippen LogP contribution >= 0.6 is 0 Å². The molecule has 0 unspecified atom stereocenters. The van der Waals surface area contributed by atoms with Crippen LogP contribution in [0.25, 0.3) is 5.57 Å². The molecule has 1 aliphatic rings. The topological polar surface area (TPSA) is 4.44 Å². The Hall–Kier alpha value is -2.30. The van der Waals surface area contributed by atoms with Gasteiger partial charge in [-0.1, -0.05) is 66.6 Å². The van der Waals surface area contributed by atoms with E-state index < -0.39 is 0 Å². The molecule has 110 valence electrons. The molecule has 2 aromatic carbocycles. The van der Waals surface area contributed by atoms with Crippen LogP contribution in [-0.2, 0) is 0 Å². The van der Waals surface area contributed by atoms with E-state index >= 15 is 0 Å². The second-order valence-corrected chi connectivity index (χ2v) is 5.75. The molecule has 1 N–H and O–H groups in total. The lowest BCUT2D eigenvalue weighted by molar-refractivity contribution is -0.879. The molecule has 0 aliphatic carbocycles. The van der Waals surface area contributed by atoms with Crippen molar-refractivity contribution in [1.29, 1.82) is 0 Å². The van der Waals surface area contributed by atoms with E-state index in [2.05, 4.69) is 78.6 Å². The minimum absolute atomic E-state index is 0.966. The highest BCUT2D eigenvalue weighted by atomic mass is 15.1. The summed E-state index contributed by atoms with van der Waals surface area (Å²) in [5, 5.41) is 0. The van der Waals surface area contributed by atoms with Gasteiger partial charge in [0.2, 0.25) is 0 Å². The smallest absolute Gasteiger partial charge is 0.139 e. The maximum Gasteiger partial charge on any atom is 0.139 e. The highest BCUT2D eigenvalue weighted by Gasteiger charge is 2.12. The molecular formula is C21H22N+. The number of hydrogen-bond donors (Lipinski definition) is 1. The van der Waals surface area contributed by atoms with Crippen LogP contribution in [0.1, 0.15) is 24.0 Å². The first kappa shape index (κ1) is 14.6. The fourth-order valence-electron chi connectivity index (χ4n) is 2.92. The molecule has 1 aliphatic heterocycles. The normalized spacial score (nSPS) is 14.2. The quantitative estimate of drug-likeness (QED) is 0.828. The summed E-state index contributed by atoms with van der Waals surface area (Å²) in [5.41, 5.74) is 3.64. The summed E-state index contributed by atoms with van der Waals surface area (Å²) in [6, 6.07) is 21.0. The molecule has 0 saturated carbocycles. The van der Waals surface area contributed by atoms with Gasteiger partial charge < -0.3 is 4.90 Å². The van der Waals surface area contributed by atoms with Gasteiger partial charge in [0.1, 0.15) is 6.54 Å². The number of quaternary nitrogens is 1. The molecule has 1 heterocycles. The number of rotatable bonds is 3. The van der Waals surface area contributed by atoms with Crippen LogP contribution in [-0.4, -0.2) is 19.6 Å². The van der Waals surface area contributed by atoms with Crippen molar-refractivity contribution >= 4 is 5.57 Å². The van der Waals surface area contributed by atoms with E-state index in [1.165, 1.54) is 42.6 Å². The zero-order valence-corrected chi connectivity index (χ0v) is 12.9. The molecule has 0 spiro atoms. The Morgan fingerprint density at radius 3 is 1.95 bits per heavy atom. The average Bonchev–Trinajstić information content (AvgIpc) is 3.10. The fourth-order valence-corrected chi connectivity index (χ4v) is 2.92. The van der Waals surface area contributed by atoms with Crippen molar-refractivity contribution in [1.82, 2.24) is 0 Å². The summed E-state index contributed by atoms with van der Waals surface area (Å²) in [4.78, 5) is 1.63. The van der Waals surface area contributed by atoms with E-state index in [-0.39, 0.29) is 0 Å². The lowest BCUT2D eigenvalue weighted by Crippen LogP contribution is -3.09. The van der Waals surface area contributed by atoms with Gasteiger partial charge in [-0.05, 0) is 28.7 Å². The number of nitrogens with one attached hydrogen (secondary N) is 1. The van der Waals surface area contributed by atoms with Crippen LogP contribution < -0.4 is 4.90 Å². The fraction of sp³-hybridized carbons (Fsp3) is 0.238. The van der Waals surface area contributed by atoms with E-state index in [9.17, 15) is 0 Å². The molecule has 3 rings (SSSR count). The van der Waals surface area contributed by atoms with Crippen molar-refractivity contribution in [3.63, 3.8) is 0 Å². The van der Waals surface area contributed by atoms with Crippen LogP contribution in [0, 0.1) is 11.8 Å². The number of likely N-dealkylation sites (tertiary alicyclic amines) is 1. The molecule has 0 atom stereocenters. The van der Waals surface area contributed by atoms with Crippen molar-refractivity contribution < 1.29 is 4.90 Å². The molecule has 22 heavy (non-hydrogen) atoms. The van der Waals surface area contributed by atoms with Crippen LogP contribution in [0.3, 0.4) is 0 Å². The van der Waals surface area contributed by atoms with E-state index in [1.54, 1.807) is 4.90 Å². The van der Waals surface area contributed by atoms with Crippen molar-refractivity contribution in [2.45, 2.75) is 12.8 Å². The van der Waals surface area contributed by atoms with Crippen molar-refractivity contribution in [2.24, 2.45) is 0 Å². The predicted molar refractivity (Wildman–Crippen MR) is 92.5 cm³/mol. The largest absolute Gasteiger partial charge is 0.325 e. The van der Waals surface area contributed by atoms with Gasteiger partial charge in [0.15, 0.2) is 0 Å². The zero-order valence-electron chi connectivity index (χ0n) is 12.9. The summed E-state index contributed by atoms with van der Waals surface area (Å²) in [6.07, 6.45) is 4.78. The van der Waals surface area contributed by atoms with Gasteiger partial charge in [0.25, 0.3) is 0 Å². The zero-order chi connectivity index (χ0) is 15.0. The Kier molecular flexibility index (Phi) is 5.08. The maximum absolute atomic E-state index is 3.33. The second-order valence-electron chi connectivity index (χ2n) is 5.75. The third-order valence-electron chi connectivity index (χ3n) is 4.14. The van der Waals surface area contributed by atoms with Gasteiger partial charge in [-0.15, -0.1) is 0 Å². The summed E-state index contributed by atoms with van der Waals surface area (Å²) >= 11 is 0. The third kappa shape index (κ3) is 3.87. The van der Waals surface area contributed by atoms with E-state index in [0.29, 0.717) is 0 Å². The van der Waals surface area contributed by atoms with Gasteiger partial charge >= 0.3 is 0 Å². The highest BCUT2D eigenvalue weighted by molar-refractivity contribution is 5.81. The minimum Gasteiger partial charge on any atom is -0.325 e.